The largest absolute Gasteiger partial charge is 0.493 e. The third-order valence-corrected chi connectivity index (χ3v) is 4.21. The van der Waals surface area contributed by atoms with Gasteiger partial charge in [0.25, 0.3) is 0 Å². The van der Waals surface area contributed by atoms with Gasteiger partial charge in [-0.3, -0.25) is 4.99 Å². The van der Waals surface area contributed by atoms with E-state index in [1.54, 1.807) is 46.6 Å². The van der Waals surface area contributed by atoms with E-state index < -0.39 is 0 Å². The Morgan fingerprint density at radius 3 is 2.17 bits per heavy atom. The van der Waals surface area contributed by atoms with Crippen LogP contribution in [-0.2, 0) is 13.1 Å². The lowest BCUT2D eigenvalue weighted by molar-refractivity contribution is 0.324. The molecule has 30 heavy (non-hydrogen) atoms. The summed E-state index contributed by atoms with van der Waals surface area (Å²) in [7, 11) is 10.2. The lowest BCUT2D eigenvalue weighted by Gasteiger charge is -2.17. The van der Waals surface area contributed by atoms with E-state index in [2.05, 4.69) is 15.6 Å². The van der Waals surface area contributed by atoms with Gasteiger partial charge in [0, 0.05) is 43.5 Å². The van der Waals surface area contributed by atoms with Gasteiger partial charge in [-0.05, 0) is 31.8 Å². The Kier molecular flexibility index (Phi) is 10.7. The molecule has 0 aromatic heterocycles. The Bertz CT molecular complexity index is 837. The predicted molar refractivity (Wildman–Crippen MR) is 129 cm³/mol. The topological polar surface area (TPSA) is 67.4 Å². The van der Waals surface area contributed by atoms with Crippen molar-refractivity contribution in [1.82, 2.24) is 10.2 Å². The molecule has 0 atom stereocenters. The minimum Gasteiger partial charge on any atom is -0.493 e. The Hall–Kier alpha value is -2.27. The lowest BCUT2D eigenvalue weighted by Crippen LogP contribution is -2.30. The number of hydrogen-bond acceptors (Lipinski definition) is 5. The molecule has 166 valence electrons. The average molecular weight is 532 g/mol. The van der Waals surface area contributed by atoms with E-state index in [0.717, 1.165) is 11.3 Å². The third kappa shape index (κ3) is 6.91. The normalized spacial score (nSPS) is 11.0. The molecular weight excluding hydrogens is 502 g/mol. The van der Waals surface area contributed by atoms with Crippen molar-refractivity contribution in [3.63, 3.8) is 0 Å². The first kappa shape index (κ1) is 25.8. The highest BCUT2D eigenvalue weighted by Gasteiger charge is 2.14. The number of halogens is 2. The van der Waals surface area contributed by atoms with Crippen LogP contribution in [0.1, 0.15) is 11.1 Å². The molecule has 0 unspecified atom stereocenters. The molecule has 0 bridgehead atoms. The van der Waals surface area contributed by atoms with Crippen molar-refractivity contribution in [2.24, 2.45) is 4.99 Å². The first-order chi connectivity index (χ1) is 13.9. The first-order valence-electron chi connectivity index (χ1n) is 9.11. The Morgan fingerprint density at radius 2 is 1.67 bits per heavy atom. The first-order valence-corrected chi connectivity index (χ1v) is 9.11. The molecule has 0 fully saturated rings. The number of ether oxygens (including phenoxy) is 3. The number of nitrogens with zero attached hydrogens (tertiary/aromatic N) is 2. The fraction of sp³-hybridized carbons (Fsp3) is 0.381. The summed E-state index contributed by atoms with van der Waals surface area (Å²) in [4.78, 5) is 6.17. The van der Waals surface area contributed by atoms with E-state index in [9.17, 15) is 4.39 Å². The number of aliphatic imine (C=N–C) groups is 1. The van der Waals surface area contributed by atoms with Gasteiger partial charge < -0.3 is 29.7 Å². The van der Waals surface area contributed by atoms with E-state index in [4.69, 9.17) is 14.2 Å². The molecule has 0 saturated carbocycles. The lowest BCUT2D eigenvalue weighted by atomic mass is 10.1. The number of nitrogens with one attached hydrogen (secondary N) is 2. The third-order valence-electron chi connectivity index (χ3n) is 4.21. The molecule has 0 saturated heterocycles. The van der Waals surface area contributed by atoms with Crippen LogP contribution in [0.25, 0.3) is 0 Å². The molecule has 2 rings (SSSR count). The molecule has 0 radical (unpaired) electrons. The number of methoxy groups -OCH3 is 3. The van der Waals surface area contributed by atoms with Crippen LogP contribution in [-0.4, -0.2) is 53.3 Å². The summed E-state index contributed by atoms with van der Waals surface area (Å²) in [6.07, 6.45) is 0. The summed E-state index contributed by atoms with van der Waals surface area (Å²) in [5, 5.41) is 6.43. The molecule has 9 heteroatoms. The van der Waals surface area contributed by atoms with E-state index >= 15 is 0 Å². The Balaban J connectivity index is 0.00000450. The van der Waals surface area contributed by atoms with Gasteiger partial charge in [-0.25, -0.2) is 4.39 Å². The number of rotatable bonds is 8. The second-order valence-corrected chi connectivity index (χ2v) is 6.63. The van der Waals surface area contributed by atoms with Gasteiger partial charge in [0.15, 0.2) is 17.5 Å². The van der Waals surface area contributed by atoms with Crippen molar-refractivity contribution in [3.05, 3.63) is 47.3 Å². The van der Waals surface area contributed by atoms with Gasteiger partial charge >= 0.3 is 0 Å². The van der Waals surface area contributed by atoms with Gasteiger partial charge in [-0.2, -0.15) is 0 Å². The van der Waals surface area contributed by atoms with Crippen molar-refractivity contribution in [2.45, 2.75) is 13.1 Å². The molecule has 2 aromatic carbocycles. The van der Waals surface area contributed by atoms with Crippen LogP contribution >= 0.6 is 24.0 Å². The van der Waals surface area contributed by atoms with Crippen molar-refractivity contribution in [1.29, 1.82) is 0 Å². The summed E-state index contributed by atoms with van der Waals surface area (Å²) in [5.41, 5.74) is 2.33. The zero-order valence-electron chi connectivity index (χ0n) is 18.2. The van der Waals surface area contributed by atoms with Crippen LogP contribution in [0.4, 0.5) is 10.1 Å². The second kappa shape index (κ2) is 12.4. The van der Waals surface area contributed by atoms with Crippen LogP contribution in [0.2, 0.25) is 0 Å². The van der Waals surface area contributed by atoms with E-state index in [-0.39, 0.29) is 29.8 Å². The number of benzene rings is 2. The monoisotopic (exact) mass is 532 g/mol. The van der Waals surface area contributed by atoms with Crippen LogP contribution in [0, 0.1) is 5.82 Å². The van der Waals surface area contributed by atoms with Crippen LogP contribution < -0.4 is 24.8 Å². The smallest absolute Gasteiger partial charge is 0.203 e. The van der Waals surface area contributed by atoms with E-state index in [1.165, 1.54) is 6.07 Å². The van der Waals surface area contributed by atoms with Gasteiger partial charge in [0.2, 0.25) is 5.75 Å². The molecule has 0 amide bonds. The maximum atomic E-state index is 14.0. The SMILES string of the molecule is CN=C(NCc1ccc(F)c(CN(C)C)c1)Nc1cc(OC)c(OC)c(OC)c1.I. The molecule has 0 aliphatic rings. The molecule has 0 aliphatic carbocycles. The summed E-state index contributed by atoms with van der Waals surface area (Å²) in [5.74, 6) is 1.94. The summed E-state index contributed by atoms with van der Waals surface area (Å²) in [6.45, 7) is 1.03. The zero-order chi connectivity index (χ0) is 21.4. The standard InChI is InChI=1S/C21H29FN4O3.HI/c1-23-21(24-12-14-7-8-17(22)15(9-14)13-26(2)3)25-16-10-18(27-4)20(29-6)19(11-16)28-5;/h7-11H,12-13H2,1-6H3,(H2,23,24,25);1H. The summed E-state index contributed by atoms with van der Waals surface area (Å²) >= 11 is 0. The van der Waals surface area contributed by atoms with Gasteiger partial charge in [0.05, 0.1) is 21.3 Å². The highest BCUT2D eigenvalue weighted by Crippen LogP contribution is 2.39. The second-order valence-electron chi connectivity index (χ2n) is 6.63. The zero-order valence-corrected chi connectivity index (χ0v) is 20.5. The molecule has 2 N–H and O–H groups in total. The predicted octanol–water partition coefficient (Wildman–Crippen LogP) is 3.72. The molecule has 7 nitrogen and oxygen atoms in total. The van der Waals surface area contributed by atoms with Crippen molar-refractivity contribution < 1.29 is 18.6 Å². The van der Waals surface area contributed by atoms with Crippen LogP contribution in [0.15, 0.2) is 35.3 Å². The minimum absolute atomic E-state index is 0. The Labute approximate surface area is 194 Å². The van der Waals surface area contributed by atoms with Crippen molar-refractivity contribution in [3.8, 4) is 17.2 Å². The summed E-state index contributed by atoms with van der Waals surface area (Å²) < 4.78 is 30.1. The number of guanidine groups is 1. The molecular formula is C21H30FIN4O3. The van der Waals surface area contributed by atoms with E-state index in [0.29, 0.717) is 41.9 Å². The highest BCUT2D eigenvalue weighted by atomic mass is 127. The van der Waals surface area contributed by atoms with Crippen LogP contribution in [0.5, 0.6) is 17.2 Å². The van der Waals surface area contributed by atoms with E-state index in [1.807, 2.05) is 25.1 Å². The van der Waals surface area contributed by atoms with Gasteiger partial charge in [0.1, 0.15) is 5.82 Å². The number of hydrogen-bond donors (Lipinski definition) is 2. The summed E-state index contributed by atoms with van der Waals surface area (Å²) in [6, 6.07) is 8.69. The van der Waals surface area contributed by atoms with Gasteiger partial charge in [-0.1, -0.05) is 6.07 Å². The van der Waals surface area contributed by atoms with Crippen LogP contribution in [0.3, 0.4) is 0 Å². The molecule has 0 spiro atoms. The maximum Gasteiger partial charge on any atom is 0.203 e. The quantitative estimate of drug-likeness (QED) is 0.307. The molecule has 2 aromatic rings. The maximum absolute atomic E-state index is 14.0. The van der Waals surface area contributed by atoms with Crippen molar-refractivity contribution in [2.75, 3.05) is 47.8 Å². The fourth-order valence-electron chi connectivity index (χ4n) is 2.85. The Morgan fingerprint density at radius 1 is 1.03 bits per heavy atom. The molecule has 0 aliphatic heterocycles. The fourth-order valence-corrected chi connectivity index (χ4v) is 2.85. The average Bonchev–Trinajstić information content (AvgIpc) is 2.71. The minimum atomic E-state index is -0.206. The van der Waals surface area contributed by atoms with Crippen molar-refractivity contribution >= 4 is 35.6 Å². The molecule has 0 heterocycles. The number of anilines is 1. The van der Waals surface area contributed by atoms with Gasteiger partial charge in [-0.15, -0.1) is 24.0 Å². The highest BCUT2D eigenvalue weighted by molar-refractivity contribution is 14.0.